The standard InChI is InChI=1S/C18H24N2O3/c21-17(9-6-13-4-2-1-3-5-13)19-16-11-20(12-18(22)23)10-15(16)14-7-8-14/h1-5,14-16H,6-12H2,(H,19,21)(H,22,23)/t15-,16+/m0/s1. The fourth-order valence-electron chi connectivity index (χ4n) is 3.57. The van der Waals surface area contributed by atoms with Gasteiger partial charge in [-0.15, -0.1) is 0 Å². The molecule has 23 heavy (non-hydrogen) atoms. The van der Waals surface area contributed by atoms with Crippen molar-refractivity contribution in [3.63, 3.8) is 0 Å². The van der Waals surface area contributed by atoms with Gasteiger partial charge < -0.3 is 10.4 Å². The van der Waals surface area contributed by atoms with E-state index in [4.69, 9.17) is 5.11 Å². The molecule has 1 saturated carbocycles. The summed E-state index contributed by atoms with van der Waals surface area (Å²) < 4.78 is 0. The van der Waals surface area contributed by atoms with Gasteiger partial charge in [0.15, 0.2) is 0 Å². The number of hydrogen-bond donors (Lipinski definition) is 2. The van der Waals surface area contributed by atoms with Crippen molar-refractivity contribution in [1.29, 1.82) is 0 Å². The van der Waals surface area contributed by atoms with Crippen LogP contribution in [0.2, 0.25) is 0 Å². The van der Waals surface area contributed by atoms with E-state index in [9.17, 15) is 9.59 Å². The number of carbonyl (C=O) groups excluding carboxylic acids is 1. The van der Waals surface area contributed by atoms with Crippen molar-refractivity contribution in [2.75, 3.05) is 19.6 Å². The van der Waals surface area contributed by atoms with Gasteiger partial charge in [-0.3, -0.25) is 14.5 Å². The lowest BCUT2D eigenvalue weighted by Gasteiger charge is -2.19. The third-order valence-corrected chi connectivity index (χ3v) is 4.86. The van der Waals surface area contributed by atoms with Crippen LogP contribution in [0.4, 0.5) is 0 Å². The summed E-state index contributed by atoms with van der Waals surface area (Å²) in [4.78, 5) is 25.1. The van der Waals surface area contributed by atoms with Crippen LogP contribution >= 0.6 is 0 Å². The second-order valence-electron chi connectivity index (χ2n) is 6.75. The molecular weight excluding hydrogens is 292 g/mol. The number of hydrogen-bond acceptors (Lipinski definition) is 3. The smallest absolute Gasteiger partial charge is 0.317 e. The molecule has 0 spiro atoms. The van der Waals surface area contributed by atoms with E-state index in [1.807, 2.05) is 35.2 Å². The quantitative estimate of drug-likeness (QED) is 0.800. The van der Waals surface area contributed by atoms with Gasteiger partial charge in [-0.2, -0.15) is 0 Å². The first-order valence-corrected chi connectivity index (χ1v) is 8.39. The fraction of sp³-hybridized carbons (Fsp3) is 0.556. The SMILES string of the molecule is O=C(O)CN1C[C@@H](NC(=O)CCc2ccccc2)[C@H](C2CC2)C1. The van der Waals surface area contributed by atoms with Crippen molar-refractivity contribution >= 4 is 11.9 Å². The summed E-state index contributed by atoms with van der Waals surface area (Å²) in [7, 11) is 0. The Bertz CT molecular complexity index is 557. The van der Waals surface area contributed by atoms with Crippen LogP contribution in [0.3, 0.4) is 0 Å². The van der Waals surface area contributed by atoms with Gasteiger partial charge in [-0.05, 0) is 36.7 Å². The van der Waals surface area contributed by atoms with Crippen molar-refractivity contribution in [1.82, 2.24) is 10.2 Å². The van der Waals surface area contributed by atoms with Crippen LogP contribution in [0.25, 0.3) is 0 Å². The number of benzene rings is 1. The van der Waals surface area contributed by atoms with Gasteiger partial charge >= 0.3 is 5.97 Å². The molecule has 2 atom stereocenters. The maximum Gasteiger partial charge on any atom is 0.317 e. The molecule has 0 bridgehead atoms. The van der Waals surface area contributed by atoms with Gasteiger partial charge in [0, 0.05) is 25.6 Å². The fourth-order valence-corrected chi connectivity index (χ4v) is 3.57. The molecule has 1 heterocycles. The number of carboxylic acids is 1. The average molecular weight is 316 g/mol. The minimum Gasteiger partial charge on any atom is -0.480 e. The van der Waals surface area contributed by atoms with Crippen LogP contribution < -0.4 is 5.32 Å². The number of carbonyl (C=O) groups is 2. The van der Waals surface area contributed by atoms with Crippen molar-refractivity contribution in [3.8, 4) is 0 Å². The van der Waals surface area contributed by atoms with Crippen LogP contribution in [-0.4, -0.2) is 47.6 Å². The Morgan fingerprint density at radius 3 is 2.57 bits per heavy atom. The second kappa shape index (κ2) is 7.13. The minimum atomic E-state index is -0.796. The van der Waals surface area contributed by atoms with Crippen LogP contribution in [0, 0.1) is 11.8 Å². The summed E-state index contributed by atoms with van der Waals surface area (Å²) in [6, 6.07) is 10.1. The molecule has 1 aromatic rings. The van der Waals surface area contributed by atoms with Gasteiger partial charge in [0.25, 0.3) is 0 Å². The molecule has 1 saturated heterocycles. The Balaban J connectivity index is 1.50. The molecular formula is C18H24N2O3. The largest absolute Gasteiger partial charge is 0.480 e. The summed E-state index contributed by atoms with van der Waals surface area (Å²) in [6.45, 7) is 1.52. The Kier molecular flexibility index (Phi) is 4.96. The molecule has 0 unspecified atom stereocenters. The van der Waals surface area contributed by atoms with E-state index in [-0.39, 0.29) is 18.5 Å². The number of carboxylic acid groups (broad SMARTS) is 1. The molecule has 0 radical (unpaired) electrons. The molecule has 124 valence electrons. The highest BCUT2D eigenvalue weighted by Gasteiger charge is 2.43. The number of aliphatic carboxylic acids is 1. The third kappa shape index (κ3) is 4.55. The predicted octanol–water partition coefficient (Wildman–Crippen LogP) is 1.53. The zero-order chi connectivity index (χ0) is 16.2. The zero-order valence-electron chi connectivity index (χ0n) is 13.3. The van der Waals surface area contributed by atoms with E-state index < -0.39 is 5.97 Å². The van der Waals surface area contributed by atoms with Gasteiger partial charge in [-0.1, -0.05) is 30.3 Å². The summed E-state index contributed by atoms with van der Waals surface area (Å²) in [5, 5.41) is 12.1. The molecule has 5 heteroatoms. The van der Waals surface area contributed by atoms with Gasteiger partial charge in [-0.25, -0.2) is 0 Å². The first-order chi connectivity index (χ1) is 11.1. The lowest BCUT2D eigenvalue weighted by atomic mass is 9.98. The molecule has 2 fully saturated rings. The highest BCUT2D eigenvalue weighted by molar-refractivity contribution is 5.76. The molecule has 0 aromatic heterocycles. The number of amides is 1. The van der Waals surface area contributed by atoms with Crippen molar-refractivity contribution < 1.29 is 14.7 Å². The Hall–Kier alpha value is -1.88. The van der Waals surface area contributed by atoms with Crippen LogP contribution in [0.5, 0.6) is 0 Å². The van der Waals surface area contributed by atoms with Gasteiger partial charge in [0.2, 0.25) is 5.91 Å². The lowest BCUT2D eigenvalue weighted by Crippen LogP contribution is -2.41. The number of nitrogens with one attached hydrogen (secondary N) is 1. The van der Waals surface area contributed by atoms with E-state index in [0.717, 1.165) is 13.0 Å². The first-order valence-electron chi connectivity index (χ1n) is 8.39. The Labute approximate surface area is 136 Å². The summed E-state index contributed by atoms with van der Waals surface area (Å²) >= 11 is 0. The number of rotatable bonds is 7. The van der Waals surface area contributed by atoms with Gasteiger partial charge in [0.1, 0.15) is 0 Å². The Morgan fingerprint density at radius 1 is 1.17 bits per heavy atom. The minimum absolute atomic E-state index is 0.0691. The second-order valence-corrected chi connectivity index (χ2v) is 6.75. The summed E-state index contributed by atoms with van der Waals surface area (Å²) in [5.74, 6) is 0.348. The molecule has 3 rings (SSSR count). The first kappa shape index (κ1) is 16.0. The number of nitrogens with zero attached hydrogens (tertiary/aromatic N) is 1. The monoisotopic (exact) mass is 316 g/mol. The predicted molar refractivity (Wildman–Crippen MR) is 87.0 cm³/mol. The normalized spacial score (nSPS) is 24.5. The summed E-state index contributed by atoms with van der Waals surface area (Å²) in [6.07, 6.45) is 3.65. The topological polar surface area (TPSA) is 69.6 Å². The average Bonchev–Trinajstić information content (AvgIpc) is 3.29. The molecule has 2 aliphatic rings. The van der Waals surface area contributed by atoms with E-state index in [1.54, 1.807) is 0 Å². The highest BCUT2D eigenvalue weighted by Crippen LogP contribution is 2.41. The number of aryl methyl sites for hydroxylation is 1. The highest BCUT2D eigenvalue weighted by atomic mass is 16.4. The Morgan fingerprint density at radius 2 is 1.91 bits per heavy atom. The van der Waals surface area contributed by atoms with E-state index in [2.05, 4.69) is 5.32 Å². The van der Waals surface area contributed by atoms with Gasteiger partial charge in [0.05, 0.1) is 6.54 Å². The third-order valence-electron chi connectivity index (χ3n) is 4.86. The van der Waals surface area contributed by atoms with Crippen molar-refractivity contribution in [2.45, 2.75) is 31.7 Å². The molecule has 1 aliphatic heterocycles. The van der Waals surface area contributed by atoms with Crippen LogP contribution in [-0.2, 0) is 16.0 Å². The van der Waals surface area contributed by atoms with E-state index >= 15 is 0 Å². The maximum absolute atomic E-state index is 12.2. The lowest BCUT2D eigenvalue weighted by molar-refractivity contribution is -0.138. The van der Waals surface area contributed by atoms with Crippen molar-refractivity contribution in [2.24, 2.45) is 11.8 Å². The van der Waals surface area contributed by atoms with E-state index in [0.29, 0.717) is 24.8 Å². The molecule has 5 nitrogen and oxygen atoms in total. The molecule has 1 amide bonds. The molecule has 1 aromatic carbocycles. The molecule has 1 aliphatic carbocycles. The van der Waals surface area contributed by atoms with E-state index in [1.165, 1.54) is 18.4 Å². The summed E-state index contributed by atoms with van der Waals surface area (Å²) in [5.41, 5.74) is 1.17. The van der Waals surface area contributed by atoms with Crippen molar-refractivity contribution in [3.05, 3.63) is 35.9 Å². The molecule has 2 N–H and O–H groups in total. The van der Waals surface area contributed by atoms with Crippen LogP contribution in [0.15, 0.2) is 30.3 Å². The zero-order valence-corrected chi connectivity index (χ0v) is 13.3. The number of likely N-dealkylation sites (tertiary alicyclic amines) is 1. The van der Waals surface area contributed by atoms with Crippen LogP contribution in [0.1, 0.15) is 24.8 Å². The maximum atomic E-state index is 12.2.